The monoisotopic (exact) mass is 198 g/mol. The topological polar surface area (TPSA) is 17.1 Å². The van der Waals surface area contributed by atoms with Crippen LogP contribution in [-0.2, 0) is 4.79 Å². The summed E-state index contributed by atoms with van der Waals surface area (Å²) in [5, 5.41) is 0.134. The molecule has 0 spiro atoms. The molecule has 0 radical (unpaired) electrons. The number of rotatable bonds is 3. The Morgan fingerprint density at radius 3 is 2.18 bits per heavy atom. The zero-order valence-corrected chi connectivity index (χ0v) is 9.25. The van der Waals surface area contributed by atoms with Gasteiger partial charge in [-0.2, -0.15) is 0 Å². The third kappa shape index (κ3) is 6.66. The largest absolute Gasteiger partial charge is 0.330 e. The second kappa shape index (κ2) is 4.33. The summed E-state index contributed by atoms with van der Waals surface area (Å²) >= 11 is 0. The minimum atomic E-state index is -0.886. The first-order valence-electron chi connectivity index (χ1n) is 3.57. The number of thiol groups is 1. The van der Waals surface area contributed by atoms with E-state index >= 15 is 0 Å². The summed E-state index contributed by atoms with van der Waals surface area (Å²) in [4.78, 5) is 10.8. The van der Waals surface area contributed by atoms with E-state index in [1.165, 1.54) is 0 Å². The maximum atomic E-state index is 10.8. The summed E-state index contributed by atoms with van der Waals surface area (Å²) in [7, 11) is 11.2. The first-order valence-corrected chi connectivity index (χ1v) is 6.00. The Morgan fingerprint density at radius 1 is 1.45 bits per heavy atom. The number of quaternary nitrogens is 1. The van der Waals surface area contributed by atoms with E-state index in [0.29, 0.717) is 0 Å². The highest BCUT2D eigenvalue weighted by molar-refractivity contribution is 8.46. The van der Waals surface area contributed by atoms with E-state index in [0.717, 1.165) is 16.8 Å². The average molecular weight is 199 g/mol. The highest BCUT2D eigenvalue weighted by Crippen LogP contribution is 2.31. The molecule has 0 aliphatic rings. The summed E-state index contributed by atoms with van der Waals surface area (Å²) in [6, 6.07) is 0. The molecule has 0 aliphatic carbocycles. The summed E-state index contributed by atoms with van der Waals surface area (Å²) in [5.74, 6) is 0.829. The van der Waals surface area contributed by atoms with Gasteiger partial charge in [-0.05, 0) is 0 Å². The van der Waals surface area contributed by atoms with Crippen molar-refractivity contribution in [3.05, 3.63) is 0 Å². The normalized spacial score (nSPS) is 16.3. The third-order valence-corrected chi connectivity index (χ3v) is 3.81. The molecule has 0 aromatic rings. The molecule has 0 saturated heterocycles. The van der Waals surface area contributed by atoms with Gasteiger partial charge in [0.25, 0.3) is 0 Å². The molecule has 0 aromatic carbocycles. The van der Waals surface area contributed by atoms with Gasteiger partial charge in [0, 0.05) is 12.7 Å². The van der Waals surface area contributed by atoms with Crippen molar-refractivity contribution in [2.45, 2.75) is 6.92 Å². The van der Waals surface area contributed by atoms with Gasteiger partial charge in [-0.25, -0.2) is 0 Å². The Hall–Kier alpha value is 0.270. The number of carbonyl (C=O) groups excluding carboxylic acids is 1. The lowest BCUT2D eigenvalue weighted by Crippen LogP contribution is -2.37. The summed E-state index contributed by atoms with van der Waals surface area (Å²) in [5.41, 5.74) is 0. The Bertz CT molecular complexity index is 144. The minimum Gasteiger partial charge on any atom is -0.330 e. The van der Waals surface area contributed by atoms with Gasteiger partial charge < -0.3 is 4.48 Å². The fourth-order valence-corrected chi connectivity index (χ4v) is 1.86. The molecule has 0 saturated carbocycles. The van der Waals surface area contributed by atoms with Crippen LogP contribution in [-0.4, -0.2) is 43.0 Å². The highest BCUT2D eigenvalue weighted by Gasteiger charge is 2.11. The van der Waals surface area contributed by atoms with Gasteiger partial charge in [0.2, 0.25) is 0 Å². The lowest BCUT2D eigenvalue weighted by atomic mass is 10.6. The van der Waals surface area contributed by atoms with Crippen molar-refractivity contribution in [1.29, 1.82) is 0 Å². The van der Waals surface area contributed by atoms with E-state index in [2.05, 4.69) is 21.1 Å². The molecule has 0 rings (SSSR count). The molecule has 0 heterocycles. The molecule has 4 heteroatoms. The molecule has 0 amide bonds. The lowest BCUT2D eigenvalue weighted by Gasteiger charge is -2.25. The molecule has 11 heavy (non-hydrogen) atoms. The number of nitrogens with zero attached hydrogens (tertiary/aromatic N) is 1. The maximum absolute atomic E-state index is 10.8. The first kappa shape index (κ1) is 11.3. The average Bonchev–Trinajstić information content (AvgIpc) is 1.80. The van der Waals surface area contributed by atoms with Crippen LogP contribution in [0.4, 0.5) is 0 Å². The van der Waals surface area contributed by atoms with Crippen molar-refractivity contribution < 1.29 is 9.28 Å². The van der Waals surface area contributed by atoms with Gasteiger partial charge in [-0.15, -0.1) is 10.1 Å². The van der Waals surface area contributed by atoms with Crippen LogP contribution in [0.2, 0.25) is 0 Å². The van der Waals surface area contributed by atoms with Crippen LogP contribution in [0.5, 0.6) is 0 Å². The molecular weight excluding hydrogens is 182 g/mol. The Morgan fingerprint density at radius 2 is 1.91 bits per heavy atom. The van der Waals surface area contributed by atoms with Crippen molar-refractivity contribution in [3.8, 4) is 0 Å². The van der Waals surface area contributed by atoms with Crippen molar-refractivity contribution in [1.82, 2.24) is 0 Å². The van der Waals surface area contributed by atoms with Crippen LogP contribution in [0.15, 0.2) is 0 Å². The molecule has 0 aromatic heterocycles. The van der Waals surface area contributed by atoms with Gasteiger partial charge in [0.05, 0.1) is 27.7 Å². The first-order chi connectivity index (χ1) is 4.83. The molecule has 1 atom stereocenters. The summed E-state index contributed by atoms with van der Waals surface area (Å²) in [6.45, 7) is 2.53. The highest BCUT2D eigenvalue weighted by atomic mass is 35.7. The summed E-state index contributed by atoms with van der Waals surface area (Å²) in [6.07, 6.45) is 0. The Kier molecular flexibility index (Phi) is 4.44. The van der Waals surface area contributed by atoms with Gasteiger partial charge in [0.15, 0.2) is 5.12 Å². The van der Waals surface area contributed by atoms with Crippen molar-refractivity contribution in [2.24, 2.45) is 0 Å². The fraction of sp³-hybridized carbons (Fsp3) is 0.857. The zero-order valence-electron chi connectivity index (χ0n) is 7.59. The predicted molar refractivity (Wildman–Crippen MR) is 53.3 cm³/mol. The van der Waals surface area contributed by atoms with Crippen molar-refractivity contribution in [2.75, 3.05) is 33.4 Å². The van der Waals surface area contributed by atoms with E-state index in [4.69, 9.17) is 10.7 Å². The fourth-order valence-electron chi connectivity index (χ4n) is 0.545. The Labute approximate surface area is 76.0 Å². The molecule has 1 unspecified atom stereocenters. The smallest absolute Gasteiger partial charge is 0.179 e. The van der Waals surface area contributed by atoms with Gasteiger partial charge >= 0.3 is 0 Å². The third-order valence-electron chi connectivity index (χ3n) is 1.31. The second-order valence-corrected chi connectivity index (χ2v) is 6.64. The SMILES string of the molecule is CC(=O)[SH](Cl)CC[N+](C)(C)C. The Balaban J connectivity index is 3.63. The molecule has 68 valence electrons. The van der Waals surface area contributed by atoms with E-state index in [1.807, 2.05) is 0 Å². The quantitative estimate of drug-likeness (QED) is 0.536. The van der Waals surface area contributed by atoms with Gasteiger partial charge in [-0.1, -0.05) is 10.7 Å². The predicted octanol–water partition coefficient (Wildman–Crippen LogP) is 1.39. The number of carbonyl (C=O) groups is 1. The number of hydrogen-bond donors (Lipinski definition) is 1. The summed E-state index contributed by atoms with van der Waals surface area (Å²) < 4.78 is 0.874. The molecule has 0 aliphatic heterocycles. The van der Waals surface area contributed by atoms with Crippen LogP contribution in [0.3, 0.4) is 0 Å². The molecular formula is C7H17ClNOS+. The van der Waals surface area contributed by atoms with E-state index < -0.39 is 10.1 Å². The van der Waals surface area contributed by atoms with Crippen LogP contribution in [0.25, 0.3) is 0 Å². The minimum absolute atomic E-state index is 0.134. The molecule has 0 bridgehead atoms. The van der Waals surface area contributed by atoms with E-state index in [1.54, 1.807) is 6.92 Å². The van der Waals surface area contributed by atoms with Crippen molar-refractivity contribution in [3.63, 3.8) is 0 Å². The maximum Gasteiger partial charge on any atom is 0.179 e. The number of hydrogen-bond acceptors (Lipinski definition) is 1. The van der Waals surface area contributed by atoms with E-state index in [-0.39, 0.29) is 5.12 Å². The molecule has 0 N–H and O–H groups in total. The van der Waals surface area contributed by atoms with Crippen LogP contribution >= 0.6 is 20.8 Å². The number of halogens is 1. The van der Waals surface area contributed by atoms with Crippen LogP contribution in [0, 0.1) is 0 Å². The lowest BCUT2D eigenvalue weighted by molar-refractivity contribution is -0.867. The second-order valence-electron chi connectivity index (χ2n) is 3.62. The van der Waals surface area contributed by atoms with Gasteiger partial charge in [0.1, 0.15) is 0 Å². The van der Waals surface area contributed by atoms with E-state index in [9.17, 15) is 4.79 Å². The van der Waals surface area contributed by atoms with Crippen LogP contribution < -0.4 is 0 Å². The molecule has 0 fully saturated rings. The standard InChI is InChI=1S/C7H17ClNOS/c1-7(10)11(8)6-5-9(2,3)4/h11H,5-6H2,1-4H3/q+1. The van der Waals surface area contributed by atoms with Gasteiger partial charge in [-0.3, -0.25) is 4.79 Å². The zero-order chi connectivity index (χ0) is 9.07. The van der Waals surface area contributed by atoms with Crippen LogP contribution in [0.1, 0.15) is 6.92 Å². The van der Waals surface area contributed by atoms with Crippen molar-refractivity contribution >= 4 is 25.9 Å². The molecule has 2 nitrogen and oxygen atoms in total.